The first-order valence-electron chi connectivity index (χ1n) is 5.58. The van der Waals surface area contributed by atoms with Crippen molar-refractivity contribution in [2.75, 3.05) is 12.3 Å². The highest BCUT2D eigenvalue weighted by atomic mass is 32.2. The molecular weight excluding hydrogens is 230 g/mol. The Morgan fingerprint density at radius 3 is 2.76 bits per heavy atom. The smallest absolute Gasteiger partial charge is 0.0724 e. The van der Waals surface area contributed by atoms with E-state index < -0.39 is 0 Å². The van der Waals surface area contributed by atoms with E-state index in [1.807, 2.05) is 17.8 Å². The Hall–Kier alpha value is -1.39. The predicted molar refractivity (Wildman–Crippen MR) is 70.9 cm³/mol. The van der Waals surface area contributed by atoms with Crippen LogP contribution in [0.5, 0.6) is 0 Å². The van der Waals surface area contributed by atoms with Crippen LogP contribution in [-0.2, 0) is 6.54 Å². The Morgan fingerprint density at radius 1 is 1.12 bits per heavy atom. The minimum absolute atomic E-state index is 0.781. The van der Waals surface area contributed by atoms with Crippen LogP contribution in [-0.4, -0.2) is 22.3 Å². The third-order valence-corrected chi connectivity index (χ3v) is 3.23. The average Bonchev–Trinajstić information content (AvgIpc) is 2.41. The van der Waals surface area contributed by atoms with Crippen LogP contribution in [0, 0.1) is 0 Å². The Bertz CT molecular complexity index is 378. The van der Waals surface area contributed by atoms with E-state index in [1.165, 1.54) is 4.90 Å². The van der Waals surface area contributed by atoms with Crippen molar-refractivity contribution in [3.8, 4) is 0 Å². The highest BCUT2D eigenvalue weighted by Crippen LogP contribution is 2.15. The molecule has 0 saturated heterocycles. The van der Waals surface area contributed by atoms with Gasteiger partial charge in [-0.3, -0.25) is 9.97 Å². The van der Waals surface area contributed by atoms with E-state index in [0.29, 0.717) is 0 Å². The Kier molecular flexibility index (Phi) is 5.00. The molecule has 2 aromatic rings. The molecule has 2 rings (SSSR count). The van der Waals surface area contributed by atoms with Crippen molar-refractivity contribution in [1.29, 1.82) is 0 Å². The summed E-state index contributed by atoms with van der Waals surface area (Å²) in [5, 5.41) is 3.35. The number of rotatable bonds is 6. The van der Waals surface area contributed by atoms with Gasteiger partial charge in [-0.25, -0.2) is 0 Å². The number of nitrogens with zero attached hydrogens (tertiary/aromatic N) is 2. The number of hydrogen-bond donors (Lipinski definition) is 1. The zero-order valence-electron chi connectivity index (χ0n) is 9.54. The summed E-state index contributed by atoms with van der Waals surface area (Å²) in [6, 6.07) is 10.4. The molecule has 17 heavy (non-hydrogen) atoms. The first kappa shape index (κ1) is 12.1. The molecule has 0 amide bonds. The molecule has 0 saturated carbocycles. The summed E-state index contributed by atoms with van der Waals surface area (Å²) in [6.07, 6.45) is 5.20. The van der Waals surface area contributed by atoms with Gasteiger partial charge in [0, 0.05) is 42.3 Å². The van der Waals surface area contributed by atoms with Crippen molar-refractivity contribution in [1.82, 2.24) is 15.3 Å². The second kappa shape index (κ2) is 7.04. The number of thioether (sulfide) groups is 1. The molecule has 1 N–H and O–H groups in total. The van der Waals surface area contributed by atoms with Crippen molar-refractivity contribution in [3.05, 3.63) is 54.6 Å². The largest absolute Gasteiger partial charge is 0.310 e. The first-order chi connectivity index (χ1) is 8.45. The fourth-order valence-electron chi connectivity index (χ4n) is 1.40. The molecule has 4 heteroatoms. The van der Waals surface area contributed by atoms with Gasteiger partial charge in [0.2, 0.25) is 0 Å². The fraction of sp³-hybridized carbons (Fsp3) is 0.231. The van der Waals surface area contributed by atoms with Gasteiger partial charge in [0.05, 0.1) is 5.69 Å². The lowest BCUT2D eigenvalue weighted by molar-refractivity contribution is 0.711. The molecule has 0 atom stereocenters. The molecule has 1 aromatic carbocycles. The normalized spacial score (nSPS) is 10.4. The van der Waals surface area contributed by atoms with Gasteiger partial charge < -0.3 is 5.32 Å². The molecule has 0 aliphatic carbocycles. The van der Waals surface area contributed by atoms with E-state index in [2.05, 4.69) is 39.6 Å². The summed E-state index contributed by atoms with van der Waals surface area (Å²) in [7, 11) is 0. The summed E-state index contributed by atoms with van der Waals surface area (Å²) >= 11 is 1.86. The molecule has 0 unspecified atom stereocenters. The first-order valence-corrected chi connectivity index (χ1v) is 6.57. The van der Waals surface area contributed by atoms with Gasteiger partial charge >= 0.3 is 0 Å². The highest BCUT2D eigenvalue weighted by Gasteiger charge is 1.94. The van der Waals surface area contributed by atoms with Crippen molar-refractivity contribution >= 4 is 11.8 Å². The summed E-state index contributed by atoms with van der Waals surface area (Å²) < 4.78 is 0. The monoisotopic (exact) mass is 245 g/mol. The lowest BCUT2D eigenvalue weighted by Gasteiger charge is -2.03. The summed E-state index contributed by atoms with van der Waals surface area (Å²) in [6.45, 7) is 1.75. The van der Waals surface area contributed by atoms with Crippen molar-refractivity contribution in [3.63, 3.8) is 0 Å². The molecule has 3 nitrogen and oxygen atoms in total. The van der Waals surface area contributed by atoms with Gasteiger partial charge in [-0.05, 0) is 12.1 Å². The van der Waals surface area contributed by atoms with E-state index in [9.17, 15) is 0 Å². The summed E-state index contributed by atoms with van der Waals surface area (Å²) in [4.78, 5) is 9.54. The molecule has 0 spiro atoms. The van der Waals surface area contributed by atoms with Crippen LogP contribution in [0.25, 0.3) is 0 Å². The van der Waals surface area contributed by atoms with Gasteiger partial charge in [-0.15, -0.1) is 11.8 Å². The predicted octanol–water partition coefficient (Wildman–Crippen LogP) is 2.36. The molecule has 0 aliphatic heterocycles. The van der Waals surface area contributed by atoms with Gasteiger partial charge in [0.15, 0.2) is 0 Å². The summed E-state index contributed by atoms with van der Waals surface area (Å²) in [5.74, 6) is 1.06. The van der Waals surface area contributed by atoms with E-state index in [1.54, 1.807) is 18.6 Å². The van der Waals surface area contributed by atoms with E-state index >= 15 is 0 Å². The molecular formula is C13H15N3S. The third kappa shape index (κ3) is 4.54. The average molecular weight is 245 g/mol. The minimum atomic E-state index is 0.781. The number of hydrogen-bond acceptors (Lipinski definition) is 4. The zero-order chi connectivity index (χ0) is 11.8. The van der Waals surface area contributed by atoms with Gasteiger partial charge in [0.25, 0.3) is 0 Å². The lowest BCUT2D eigenvalue weighted by Crippen LogP contribution is -2.17. The number of nitrogens with one attached hydrogen (secondary N) is 1. The van der Waals surface area contributed by atoms with Crippen LogP contribution in [0.2, 0.25) is 0 Å². The Morgan fingerprint density at radius 2 is 2.00 bits per heavy atom. The van der Waals surface area contributed by atoms with E-state index in [0.717, 1.165) is 24.5 Å². The van der Waals surface area contributed by atoms with Crippen LogP contribution in [0.1, 0.15) is 5.69 Å². The highest BCUT2D eigenvalue weighted by molar-refractivity contribution is 7.99. The number of benzene rings is 1. The van der Waals surface area contributed by atoms with Gasteiger partial charge in [-0.2, -0.15) is 0 Å². The van der Waals surface area contributed by atoms with Crippen LogP contribution < -0.4 is 5.32 Å². The van der Waals surface area contributed by atoms with Crippen molar-refractivity contribution in [2.45, 2.75) is 11.4 Å². The van der Waals surface area contributed by atoms with E-state index in [4.69, 9.17) is 0 Å². The number of aromatic nitrogens is 2. The Balaban J connectivity index is 1.61. The van der Waals surface area contributed by atoms with Crippen LogP contribution >= 0.6 is 11.8 Å². The van der Waals surface area contributed by atoms with Crippen LogP contribution in [0.15, 0.2) is 53.8 Å². The van der Waals surface area contributed by atoms with E-state index in [-0.39, 0.29) is 0 Å². The SMILES string of the molecule is c1ccc(SCCNCc2cnccn2)cc1. The maximum absolute atomic E-state index is 4.20. The fourth-order valence-corrected chi connectivity index (χ4v) is 2.23. The van der Waals surface area contributed by atoms with Crippen LogP contribution in [0.3, 0.4) is 0 Å². The maximum Gasteiger partial charge on any atom is 0.0724 e. The summed E-state index contributed by atoms with van der Waals surface area (Å²) in [5.41, 5.74) is 0.984. The standard InChI is InChI=1S/C13H15N3S/c1-2-4-13(5-3-1)17-9-8-15-11-12-10-14-6-7-16-12/h1-7,10,15H,8-9,11H2. The van der Waals surface area contributed by atoms with Crippen LogP contribution in [0.4, 0.5) is 0 Å². The molecule has 0 fully saturated rings. The van der Waals surface area contributed by atoms with Gasteiger partial charge in [-0.1, -0.05) is 18.2 Å². The third-order valence-electron chi connectivity index (χ3n) is 2.21. The minimum Gasteiger partial charge on any atom is -0.310 e. The molecule has 0 bridgehead atoms. The maximum atomic E-state index is 4.20. The molecule has 0 aliphatic rings. The van der Waals surface area contributed by atoms with Crippen molar-refractivity contribution in [2.24, 2.45) is 0 Å². The lowest BCUT2D eigenvalue weighted by atomic mass is 10.4. The second-order valence-electron chi connectivity index (χ2n) is 3.54. The topological polar surface area (TPSA) is 37.8 Å². The molecule has 1 aromatic heterocycles. The quantitative estimate of drug-likeness (QED) is 0.626. The second-order valence-corrected chi connectivity index (χ2v) is 4.70. The molecule has 1 heterocycles. The molecule has 0 radical (unpaired) electrons. The van der Waals surface area contributed by atoms with Gasteiger partial charge in [0.1, 0.15) is 0 Å². The Labute approximate surface area is 106 Å². The molecule has 88 valence electrons. The van der Waals surface area contributed by atoms with Crippen molar-refractivity contribution < 1.29 is 0 Å². The zero-order valence-corrected chi connectivity index (χ0v) is 10.4.